The first-order valence-corrected chi connectivity index (χ1v) is 7.65. The maximum Gasteiger partial charge on any atom is 0.234 e. The van der Waals surface area contributed by atoms with Crippen LogP contribution in [0.25, 0.3) is 0 Å². The fraction of sp³-hybridized carbons (Fsp3) is 0.278. The Kier molecular flexibility index (Phi) is 6.11. The average Bonchev–Trinajstić information content (AvgIpc) is 2.55. The molecule has 0 aliphatic carbocycles. The van der Waals surface area contributed by atoms with Crippen LogP contribution in [0.5, 0.6) is 0 Å². The van der Waals surface area contributed by atoms with Gasteiger partial charge in [0.05, 0.1) is 6.04 Å². The summed E-state index contributed by atoms with van der Waals surface area (Å²) in [6.07, 6.45) is 0.631. The molecule has 5 heteroatoms. The molecule has 1 amide bonds. The summed E-state index contributed by atoms with van der Waals surface area (Å²) in [6, 6.07) is 14.3. The first-order chi connectivity index (χ1) is 11.1. The van der Waals surface area contributed by atoms with E-state index < -0.39 is 0 Å². The van der Waals surface area contributed by atoms with Crippen LogP contribution in [0.2, 0.25) is 0 Å². The lowest BCUT2D eigenvalue weighted by atomic mass is 10.1. The van der Waals surface area contributed by atoms with Gasteiger partial charge in [-0.25, -0.2) is 4.39 Å². The minimum absolute atomic E-state index is 0.167. The number of nitrogens with one attached hydrogen (secondary N) is 2. The molecule has 0 aliphatic rings. The van der Waals surface area contributed by atoms with Gasteiger partial charge >= 0.3 is 0 Å². The van der Waals surface area contributed by atoms with Crippen LogP contribution in [-0.4, -0.2) is 18.5 Å². The van der Waals surface area contributed by atoms with Gasteiger partial charge in [0.25, 0.3) is 0 Å². The minimum Gasteiger partial charge on any atom is -0.385 e. The van der Waals surface area contributed by atoms with E-state index in [1.807, 2.05) is 30.3 Å². The summed E-state index contributed by atoms with van der Waals surface area (Å²) in [7, 11) is 0. The number of amides is 1. The van der Waals surface area contributed by atoms with Gasteiger partial charge in [-0.3, -0.25) is 4.79 Å². The fourth-order valence-electron chi connectivity index (χ4n) is 2.15. The van der Waals surface area contributed by atoms with Crippen molar-refractivity contribution >= 4 is 11.6 Å². The monoisotopic (exact) mass is 315 g/mol. The van der Waals surface area contributed by atoms with Crippen LogP contribution in [-0.2, 0) is 17.8 Å². The maximum atomic E-state index is 13.5. The van der Waals surface area contributed by atoms with Crippen LogP contribution in [0.15, 0.2) is 48.5 Å². The third kappa shape index (κ3) is 5.38. The minimum atomic E-state index is -0.364. The Morgan fingerprint density at radius 2 is 1.87 bits per heavy atom. The van der Waals surface area contributed by atoms with E-state index in [0.717, 1.165) is 11.3 Å². The third-order valence-electron chi connectivity index (χ3n) is 3.67. The number of benzene rings is 2. The number of primary amides is 1. The Morgan fingerprint density at radius 3 is 2.52 bits per heavy atom. The van der Waals surface area contributed by atoms with Crippen LogP contribution >= 0.6 is 0 Å². The van der Waals surface area contributed by atoms with Crippen LogP contribution in [0.3, 0.4) is 0 Å². The van der Waals surface area contributed by atoms with Crippen molar-refractivity contribution in [3.8, 4) is 0 Å². The zero-order chi connectivity index (χ0) is 16.7. The van der Waals surface area contributed by atoms with E-state index in [-0.39, 0.29) is 17.8 Å². The van der Waals surface area contributed by atoms with E-state index in [0.29, 0.717) is 25.1 Å². The number of carbonyl (C=O) groups is 1. The molecular formula is C18H22FN3O. The van der Waals surface area contributed by atoms with Crippen molar-refractivity contribution in [2.45, 2.75) is 25.9 Å². The fourth-order valence-corrected chi connectivity index (χ4v) is 2.15. The van der Waals surface area contributed by atoms with E-state index >= 15 is 0 Å². The zero-order valence-corrected chi connectivity index (χ0v) is 13.2. The highest BCUT2D eigenvalue weighted by molar-refractivity contribution is 5.79. The molecule has 0 saturated carbocycles. The van der Waals surface area contributed by atoms with Crippen LogP contribution < -0.4 is 16.4 Å². The molecular weight excluding hydrogens is 293 g/mol. The van der Waals surface area contributed by atoms with Crippen LogP contribution in [0.1, 0.15) is 18.1 Å². The molecule has 0 aliphatic heterocycles. The summed E-state index contributed by atoms with van der Waals surface area (Å²) in [5, 5.41) is 6.32. The molecule has 0 spiro atoms. The molecule has 4 N–H and O–H groups in total. The second-order valence-corrected chi connectivity index (χ2v) is 5.47. The van der Waals surface area contributed by atoms with Gasteiger partial charge in [0.1, 0.15) is 5.82 Å². The van der Waals surface area contributed by atoms with E-state index in [1.54, 1.807) is 19.1 Å². The Bertz CT molecular complexity index is 643. The van der Waals surface area contributed by atoms with Crippen molar-refractivity contribution in [1.29, 1.82) is 0 Å². The molecule has 0 radical (unpaired) electrons. The summed E-state index contributed by atoms with van der Waals surface area (Å²) in [6.45, 7) is 2.98. The quantitative estimate of drug-likeness (QED) is 0.701. The van der Waals surface area contributed by atoms with E-state index in [4.69, 9.17) is 5.73 Å². The molecule has 122 valence electrons. The molecule has 0 saturated heterocycles. The van der Waals surface area contributed by atoms with Gasteiger partial charge in [-0.15, -0.1) is 0 Å². The van der Waals surface area contributed by atoms with E-state index in [2.05, 4.69) is 10.6 Å². The highest BCUT2D eigenvalue weighted by atomic mass is 19.1. The van der Waals surface area contributed by atoms with E-state index in [1.165, 1.54) is 6.07 Å². The van der Waals surface area contributed by atoms with Crippen LogP contribution in [0.4, 0.5) is 10.1 Å². The Balaban J connectivity index is 1.79. The predicted molar refractivity (Wildman–Crippen MR) is 90.5 cm³/mol. The highest BCUT2D eigenvalue weighted by Gasteiger charge is 2.06. The Labute approximate surface area is 135 Å². The second-order valence-electron chi connectivity index (χ2n) is 5.47. The van der Waals surface area contributed by atoms with Crippen molar-refractivity contribution in [1.82, 2.24) is 5.32 Å². The number of halogens is 1. The Hall–Kier alpha value is -2.40. The first kappa shape index (κ1) is 17.0. The van der Waals surface area contributed by atoms with Gasteiger partial charge in [0.2, 0.25) is 5.91 Å². The van der Waals surface area contributed by atoms with Gasteiger partial charge < -0.3 is 16.4 Å². The van der Waals surface area contributed by atoms with Crippen LogP contribution in [0, 0.1) is 5.82 Å². The van der Waals surface area contributed by atoms with Gasteiger partial charge in [-0.1, -0.05) is 30.3 Å². The SMILES string of the molecule is CC(NCc1ccc(NCCc2ccccc2F)cc1)C(N)=O. The molecule has 0 fully saturated rings. The largest absolute Gasteiger partial charge is 0.385 e. The van der Waals surface area contributed by atoms with Crippen molar-refractivity contribution < 1.29 is 9.18 Å². The number of rotatable bonds is 8. The second kappa shape index (κ2) is 8.29. The molecule has 2 aromatic carbocycles. The van der Waals surface area contributed by atoms with Gasteiger partial charge in [-0.05, 0) is 42.7 Å². The molecule has 0 heterocycles. The first-order valence-electron chi connectivity index (χ1n) is 7.65. The normalized spacial score (nSPS) is 11.9. The standard InChI is InChI=1S/C18H22FN3O/c1-13(18(20)23)22-12-14-6-8-16(9-7-14)21-11-10-15-4-2-3-5-17(15)19/h2-9,13,21-22H,10-12H2,1H3,(H2,20,23). The Morgan fingerprint density at radius 1 is 1.17 bits per heavy atom. The van der Waals surface area contributed by atoms with Gasteiger partial charge in [0.15, 0.2) is 0 Å². The molecule has 2 aromatic rings. The van der Waals surface area contributed by atoms with Gasteiger partial charge in [-0.2, -0.15) is 0 Å². The number of anilines is 1. The third-order valence-corrected chi connectivity index (χ3v) is 3.67. The topological polar surface area (TPSA) is 67.2 Å². The molecule has 0 aromatic heterocycles. The summed E-state index contributed by atoms with van der Waals surface area (Å²) < 4.78 is 13.5. The highest BCUT2D eigenvalue weighted by Crippen LogP contribution is 2.11. The predicted octanol–water partition coefficient (Wildman–Crippen LogP) is 2.44. The summed E-state index contributed by atoms with van der Waals surface area (Å²) in [5.41, 5.74) is 7.96. The summed E-state index contributed by atoms with van der Waals surface area (Å²) in [4.78, 5) is 11.0. The zero-order valence-electron chi connectivity index (χ0n) is 13.2. The lowest BCUT2D eigenvalue weighted by Crippen LogP contribution is -2.38. The summed E-state index contributed by atoms with van der Waals surface area (Å²) >= 11 is 0. The molecule has 4 nitrogen and oxygen atoms in total. The number of carbonyl (C=O) groups excluding carboxylic acids is 1. The van der Waals surface area contributed by atoms with Crippen molar-refractivity contribution in [3.05, 3.63) is 65.5 Å². The maximum absolute atomic E-state index is 13.5. The molecule has 23 heavy (non-hydrogen) atoms. The lowest BCUT2D eigenvalue weighted by molar-refractivity contribution is -0.119. The number of nitrogens with two attached hydrogens (primary N) is 1. The number of hydrogen-bond acceptors (Lipinski definition) is 3. The molecule has 0 bridgehead atoms. The van der Waals surface area contributed by atoms with Crippen molar-refractivity contribution in [2.75, 3.05) is 11.9 Å². The van der Waals surface area contributed by atoms with E-state index in [9.17, 15) is 9.18 Å². The summed E-state index contributed by atoms with van der Waals surface area (Å²) in [5.74, 6) is -0.532. The molecule has 1 unspecified atom stereocenters. The van der Waals surface area contributed by atoms with Crippen molar-refractivity contribution in [2.24, 2.45) is 5.73 Å². The average molecular weight is 315 g/mol. The van der Waals surface area contributed by atoms with Gasteiger partial charge in [0, 0.05) is 18.8 Å². The lowest BCUT2D eigenvalue weighted by Gasteiger charge is -2.11. The molecule has 1 atom stereocenters. The molecule has 2 rings (SSSR count). The van der Waals surface area contributed by atoms with Crippen molar-refractivity contribution in [3.63, 3.8) is 0 Å². The number of hydrogen-bond donors (Lipinski definition) is 3. The smallest absolute Gasteiger partial charge is 0.234 e.